The van der Waals surface area contributed by atoms with Gasteiger partial charge in [-0.25, -0.2) is 19.1 Å². The summed E-state index contributed by atoms with van der Waals surface area (Å²) in [4.78, 5) is 31.9. The Bertz CT molecular complexity index is 1020. The van der Waals surface area contributed by atoms with Crippen molar-refractivity contribution < 1.29 is 4.79 Å². The molecule has 0 spiro atoms. The number of aromatic nitrogens is 2. The predicted molar refractivity (Wildman–Crippen MR) is 110 cm³/mol. The molecule has 0 saturated carbocycles. The lowest BCUT2D eigenvalue weighted by atomic mass is 10.1. The summed E-state index contributed by atoms with van der Waals surface area (Å²) in [6.45, 7) is 4.71. The number of unbranched alkanes of at least 4 members (excludes halogenated alkanes) is 1. The number of fused-ring (bicyclic) bond motifs is 1. The molecule has 0 saturated heterocycles. The van der Waals surface area contributed by atoms with Crippen molar-refractivity contribution in [1.82, 2.24) is 19.4 Å². The first-order valence-electron chi connectivity index (χ1n) is 9.85. The highest BCUT2D eigenvalue weighted by atomic mass is 16.2. The van der Waals surface area contributed by atoms with Gasteiger partial charge < -0.3 is 10.2 Å². The molecule has 2 heterocycles. The predicted octanol–water partition coefficient (Wildman–Crippen LogP) is 1.11. The molecule has 0 fully saturated rings. The van der Waals surface area contributed by atoms with Crippen LogP contribution in [-0.2, 0) is 13.5 Å². The zero-order valence-electron chi connectivity index (χ0n) is 17.1. The van der Waals surface area contributed by atoms with Gasteiger partial charge in [0.05, 0.1) is 0 Å². The number of hydrogen-bond acceptors (Lipinski definition) is 4. The van der Waals surface area contributed by atoms with Gasteiger partial charge in [0.25, 0.3) is 0 Å². The first-order valence-corrected chi connectivity index (χ1v) is 9.85. The van der Waals surface area contributed by atoms with Crippen LogP contribution in [0, 0.1) is 6.92 Å². The molecule has 1 aromatic heterocycles. The number of nitrogens with one attached hydrogen (secondary N) is 1. The molecule has 150 valence electrons. The summed E-state index contributed by atoms with van der Waals surface area (Å²) >= 11 is 0. The lowest BCUT2D eigenvalue weighted by Crippen LogP contribution is -2.48. The van der Waals surface area contributed by atoms with E-state index in [0.717, 1.165) is 31.2 Å². The van der Waals surface area contributed by atoms with E-state index in [1.165, 1.54) is 14.7 Å². The summed E-state index contributed by atoms with van der Waals surface area (Å²) in [7, 11) is 3.39. The van der Waals surface area contributed by atoms with Crippen molar-refractivity contribution in [3.63, 3.8) is 0 Å². The maximum absolute atomic E-state index is 13.0. The highest BCUT2D eigenvalue weighted by Gasteiger charge is 2.21. The van der Waals surface area contributed by atoms with Crippen molar-refractivity contribution in [3.05, 3.63) is 56.7 Å². The van der Waals surface area contributed by atoms with Gasteiger partial charge in [-0.15, -0.1) is 0 Å². The molecule has 1 aliphatic heterocycles. The Morgan fingerprint density at radius 3 is 2.68 bits per heavy atom. The molecule has 28 heavy (non-hydrogen) atoms. The molecule has 0 bridgehead atoms. The number of hydrogen-bond donors (Lipinski definition) is 1. The van der Waals surface area contributed by atoms with Gasteiger partial charge >= 0.3 is 11.7 Å². The standard InChI is InChI=1S/C21H29N5O2/c1-5-6-7-18-22-14-17-19(23-18)25(4)21(28)26(17)20(27)24(3)13-12-16-10-8-15(2)9-11-16/h8-11,14,18,22H,5-7,12-13H2,1-4H3. The molecule has 1 aliphatic rings. The Morgan fingerprint density at radius 2 is 2.00 bits per heavy atom. The van der Waals surface area contributed by atoms with E-state index in [-0.39, 0.29) is 17.9 Å². The number of rotatable bonds is 6. The lowest BCUT2D eigenvalue weighted by Gasteiger charge is -2.18. The zero-order chi connectivity index (χ0) is 20.3. The summed E-state index contributed by atoms with van der Waals surface area (Å²) in [5.41, 5.74) is 2.56. The minimum absolute atomic E-state index is 0.0525. The van der Waals surface area contributed by atoms with Crippen molar-refractivity contribution in [2.45, 2.75) is 45.7 Å². The summed E-state index contributed by atoms with van der Waals surface area (Å²) in [5.74, 6) is 0. The number of benzene rings is 1. The molecule has 7 heteroatoms. The average molecular weight is 383 g/mol. The molecule has 0 aliphatic carbocycles. The molecule has 0 radical (unpaired) electrons. The first-order chi connectivity index (χ1) is 13.4. The van der Waals surface area contributed by atoms with Crippen molar-refractivity contribution in [3.8, 4) is 0 Å². The van der Waals surface area contributed by atoms with Gasteiger partial charge in [0.2, 0.25) is 0 Å². The largest absolute Gasteiger partial charge is 0.368 e. The van der Waals surface area contributed by atoms with E-state index in [1.807, 2.05) is 6.92 Å². The summed E-state index contributed by atoms with van der Waals surface area (Å²) < 4.78 is 2.66. The highest BCUT2D eigenvalue weighted by Crippen LogP contribution is 2.05. The number of likely N-dealkylation sites (N-methyl/N-ethyl adjacent to an activating group) is 1. The van der Waals surface area contributed by atoms with Crippen LogP contribution < -0.4 is 21.8 Å². The van der Waals surface area contributed by atoms with Crippen molar-refractivity contribution in [2.24, 2.45) is 12.0 Å². The Labute approximate surface area is 165 Å². The van der Waals surface area contributed by atoms with E-state index in [0.29, 0.717) is 17.4 Å². The number of carbonyl (C=O) groups is 1. The summed E-state index contributed by atoms with van der Waals surface area (Å²) in [5, 5.41) is 3.73. The van der Waals surface area contributed by atoms with Gasteiger partial charge in [-0.2, -0.15) is 0 Å². The van der Waals surface area contributed by atoms with E-state index in [9.17, 15) is 9.59 Å². The minimum Gasteiger partial charge on any atom is -0.368 e. The van der Waals surface area contributed by atoms with E-state index in [4.69, 9.17) is 0 Å². The van der Waals surface area contributed by atoms with Gasteiger partial charge in [0, 0.05) is 26.8 Å². The molecule has 1 N–H and O–H groups in total. The van der Waals surface area contributed by atoms with Crippen LogP contribution in [0.25, 0.3) is 6.20 Å². The van der Waals surface area contributed by atoms with E-state index >= 15 is 0 Å². The molecule has 2 aromatic rings. The summed E-state index contributed by atoms with van der Waals surface area (Å²) in [6.07, 6.45) is 5.47. The fourth-order valence-corrected chi connectivity index (χ4v) is 3.31. The molecular weight excluding hydrogens is 354 g/mol. The molecule has 1 unspecified atom stereocenters. The maximum Gasteiger partial charge on any atom is 0.338 e. The average Bonchev–Trinajstić information content (AvgIpc) is 2.95. The fourth-order valence-electron chi connectivity index (χ4n) is 3.31. The van der Waals surface area contributed by atoms with Crippen LogP contribution in [0.5, 0.6) is 0 Å². The van der Waals surface area contributed by atoms with Crippen LogP contribution in [0.1, 0.15) is 37.3 Å². The van der Waals surface area contributed by atoms with E-state index in [2.05, 4.69) is 41.5 Å². The van der Waals surface area contributed by atoms with Crippen LogP contribution in [0.2, 0.25) is 0 Å². The van der Waals surface area contributed by atoms with Gasteiger partial charge in [0.15, 0.2) is 5.49 Å². The monoisotopic (exact) mass is 383 g/mol. The Hall–Kier alpha value is -2.83. The van der Waals surface area contributed by atoms with Gasteiger partial charge in [-0.05, 0) is 31.7 Å². The van der Waals surface area contributed by atoms with Crippen LogP contribution in [0.3, 0.4) is 0 Å². The maximum atomic E-state index is 13.0. The molecular formula is C21H29N5O2. The normalized spacial score (nSPS) is 15.2. The lowest BCUT2D eigenvalue weighted by molar-refractivity contribution is 0.209. The van der Waals surface area contributed by atoms with Gasteiger partial charge in [-0.3, -0.25) is 4.57 Å². The number of amides is 1. The second kappa shape index (κ2) is 8.46. The quantitative estimate of drug-likeness (QED) is 0.812. The Kier molecular flexibility index (Phi) is 6.02. The second-order valence-corrected chi connectivity index (χ2v) is 7.42. The second-order valence-electron chi connectivity index (χ2n) is 7.42. The molecule has 3 rings (SSSR count). The number of nitrogens with zero attached hydrogens (tertiary/aromatic N) is 4. The van der Waals surface area contributed by atoms with Crippen LogP contribution in [0.15, 0.2) is 34.1 Å². The highest BCUT2D eigenvalue weighted by molar-refractivity contribution is 5.76. The van der Waals surface area contributed by atoms with E-state index in [1.54, 1.807) is 25.2 Å². The van der Waals surface area contributed by atoms with Gasteiger partial charge in [0.1, 0.15) is 11.5 Å². The van der Waals surface area contributed by atoms with Crippen LogP contribution >= 0.6 is 0 Å². The zero-order valence-corrected chi connectivity index (χ0v) is 17.1. The number of carbonyl (C=O) groups excluding carboxylic acids is 1. The van der Waals surface area contributed by atoms with Crippen molar-refractivity contribution in [1.29, 1.82) is 0 Å². The fraction of sp³-hybridized carbons (Fsp3) is 0.476. The van der Waals surface area contributed by atoms with E-state index < -0.39 is 0 Å². The van der Waals surface area contributed by atoms with Crippen molar-refractivity contribution in [2.75, 3.05) is 13.6 Å². The topological polar surface area (TPSA) is 71.6 Å². The number of aryl methyl sites for hydroxylation is 1. The SMILES string of the molecule is CCCCC1N=c2c(n(C(=O)N(C)CCc3ccc(C)cc3)c(=O)n2C)=CN1. The molecule has 1 atom stereocenters. The smallest absolute Gasteiger partial charge is 0.338 e. The summed E-state index contributed by atoms with van der Waals surface area (Å²) in [6, 6.07) is 7.92. The van der Waals surface area contributed by atoms with Crippen LogP contribution in [-0.4, -0.2) is 39.8 Å². The third kappa shape index (κ3) is 4.03. The van der Waals surface area contributed by atoms with Crippen molar-refractivity contribution >= 4 is 12.2 Å². The van der Waals surface area contributed by atoms with Gasteiger partial charge in [-0.1, -0.05) is 43.2 Å². The molecule has 1 aromatic carbocycles. The minimum atomic E-state index is -0.366. The molecule has 7 nitrogen and oxygen atoms in total. The first kappa shape index (κ1) is 19.9. The number of imidazole rings is 1. The third-order valence-corrected chi connectivity index (χ3v) is 5.16. The Morgan fingerprint density at radius 1 is 1.29 bits per heavy atom. The van der Waals surface area contributed by atoms with Crippen LogP contribution in [0.4, 0.5) is 4.79 Å². The molecule has 1 amide bonds. The Balaban J connectivity index is 1.81. The third-order valence-electron chi connectivity index (χ3n) is 5.16.